The van der Waals surface area contributed by atoms with E-state index in [9.17, 15) is 8.42 Å². The molecule has 1 aliphatic rings. The van der Waals surface area contributed by atoms with Crippen LogP contribution in [0.2, 0.25) is 0 Å². The zero-order valence-corrected chi connectivity index (χ0v) is 13.8. The lowest BCUT2D eigenvalue weighted by molar-refractivity contribution is 0.269. The SMILES string of the molecule is CN(C)CCCN(C)S(=O)(=O)N1CCC(CCl)CC1. The van der Waals surface area contributed by atoms with Crippen LogP contribution in [0.1, 0.15) is 19.3 Å². The van der Waals surface area contributed by atoms with Crippen molar-refractivity contribution in [1.29, 1.82) is 0 Å². The molecule has 0 saturated carbocycles. The average Bonchev–Trinajstić information content (AvgIpc) is 2.38. The lowest BCUT2D eigenvalue weighted by atomic mass is 10.0. The minimum atomic E-state index is -3.29. The van der Waals surface area contributed by atoms with E-state index in [0.717, 1.165) is 25.8 Å². The smallest absolute Gasteiger partial charge is 0.281 e. The molecule has 0 unspecified atom stereocenters. The van der Waals surface area contributed by atoms with Crippen molar-refractivity contribution in [3.8, 4) is 0 Å². The Morgan fingerprint density at radius 2 is 1.74 bits per heavy atom. The minimum Gasteiger partial charge on any atom is -0.309 e. The molecule has 0 aromatic rings. The van der Waals surface area contributed by atoms with Crippen LogP contribution in [0.4, 0.5) is 0 Å². The van der Waals surface area contributed by atoms with E-state index in [1.165, 1.54) is 4.31 Å². The third kappa shape index (κ3) is 5.19. The van der Waals surface area contributed by atoms with Gasteiger partial charge in [-0.15, -0.1) is 11.6 Å². The standard InChI is InChI=1S/C12H26ClN3O2S/c1-14(2)7-4-8-15(3)19(17,18)16-9-5-12(11-13)6-10-16/h12H,4-11H2,1-3H3. The summed E-state index contributed by atoms with van der Waals surface area (Å²) in [6.07, 6.45) is 2.59. The van der Waals surface area contributed by atoms with Crippen molar-refractivity contribution in [2.75, 3.05) is 53.2 Å². The van der Waals surface area contributed by atoms with Crippen LogP contribution >= 0.6 is 11.6 Å². The Morgan fingerprint density at radius 3 is 2.21 bits per heavy atom. The molecule has 1 heterocycles. The summed E-state index contributed by atoms with van der Waals surface area (Å²) in [6.45, 7) is 2.65. The quantitative estimate of drug-likeness (QED) is 0.661. The molecule has 0 bridgehead atoms. The predicted molar refractivity (Wildman–Crippen MR) is 79.7 cm³/mol. The summed E-state index contributed by atoms with van der Waals surface area (Å²) in [4.78, 5) is 2.06. The largest absolute Gasteiger partial charge is 0.309 e. The van der Waals surface area contributed by atoms with Gasteiger partial charge in [-0.25, -0.2) is 0 Å². The highest BCUT2D eigenvalue weighted by atomic mass is 35.5. The molecule has 1 aliphatic heterocycles. The van der Waals surface area contributed by atoms with Gasteiger partial charge in [-0.3, -0.25) is 0 Å². The van der Waals surface area contributed by atoms with Crippen LogP contribution in [0.25, 0.3) is 0 Å². The van der Waals surface area contributed by atoms with Gasteiger partial charge in [0.25, 0.3) is 10.2 Å². The second-order valence-corrected chi connectivity index (χ2v) is 7.83. The average molecular weight is 312 g/mol. The molecule has 1 fully saturated rings. The van der Waals surface area contributed by atoms with E-state index in [1.54, 1.807) is 11.4 Å². The fourth-order valence-corrected chi connectivity index (χ4v) is 3.95. The molecule has 7 heteroatoms. The molecular formula is C12H26ClN3O2S. The second-order valence-electron chi connectivity index (χ2n) is 5.48. The molecule has 1 rings (SSSR count). The number of halogens is 1. The van der Waals surface area contributed by atoms with Crippen molar-refractivity contribution < 1.29 is 8.42 Å². The molecule has 5 nitrogen and oxygen atoms in total. The van der Waals surface area contributed by atoms with Crippen molar-refractivity contribution in [2.24, 2.45) is 5.92 Å². The van der Waals surface area contributed by atoms with Crippen LogP contribution in [0, 0.1) is 5.92 Å². The molecule has 0 spiro atoms. The van der Waals surface area contributed by atoms with Crippen molar-refractivity contribution in [3.05, 3.63) is 0 Å². The van der Waals surface area contributed by atoms with Gasteiger partial charge in [-0.05, 0) is 45.8 Å². The zero-order valence-electron chi connectivity index (χ0n) is 12.2. The summed E-state index contributed by atoms with van der Waals surface area (Å²) in [5.41, 5.74) is 0. The number of rotatable bonds is 7. The molecule has 0 amide bonds. The van der Waals surface area contributed by atoms with Gasteiger partial charge < -0.3 is 4.90 Å². The molecule has 0 radical (unpaired) electrons. The minimum absolute atomic E-state index is 0.465. The maximum Gasteiger partial charge on any atom is 0.281 e. The van der Waals surface area contributed by atoms with Crippen LogP contribution < -0.4 is 0 Å². The first-order valence-corrected chi connectivity index (χ1v) is 8.73. The molecule has 0 atom stereocenters. The van der Waals surface area contributed by atoms with Gasteiger partial charge in [0.05, 0.1) is 0 Å². The number of piperidine rings is 1. The van der Waals surface area contributed by atoms with Gasteiger partial charge in [-0.2, -0.15) is 17.0 Å². The monoisotopic (exact) mass is 311 g/mol. The maximum atomic E-state index is 12.4. The van der Waals surface area contributed by atoms with Crippen molar-refractivity contribution in [3.63, 3.8) is 0 Å². The van der Waals surface area contributed by atoms with E-state index >= 15 is 0 Å². The Kier molecular flexibility index (Phi) is 7.04. The summed E-state index contributed by atoms with van der Waals surface area (Å²) >= 11 is 5.82. The van der Waals surface area contributed by atoms with Gasteiger partial charge in [0, 0.05) is 32.6 Å². The summed E-state index contributed by atoms with van der Waals surface area (Å²) in [5.74, 6) is 1.10. The zero-order chi connectivity index (χ0) is 14.5. The van der Waals surface area contributed by atoms with Gasteiger partial charge in [0.15, 0.2) is 0 Å². The third-order valence-corrected chi connectivity index (χ3v) is 6.01. The third-order valence-electron chi connectivity index (χ3n) is 3.59. The van der Waals surface area contributed by atoms with Crippen molar-refractivity contribution in [2.45, 2.75) is 19.3 Å². The lowest BCUT2D eigenvalue weighted by Gasteiger charge is -2.33. The molecule has 0 aliphatic carbocycles. The predicted octanol–water partition coefficient (Wildman–Crippen LogP) is 1.07. The topological polar surface area (TPSA) is 43.9 Å². The van der Waals surface area contributed by atoms with Crippen LogP contribution in [-0.4, -0.2) is 75.1 Å². The Morgan fingerprint density at radius 1 is 1.16 bits per heavy atom. The number of alkyl halides is 1. The Hall–Kier alpha value is 0.120. The highest BCUT2D eigenvalue weighted by molar-refractivity contribution is 7.86. The highest BCUT2D eigenvalue weighted by Gasteiger charge is 2.30. The van der Waals surface area contributed by atoms with Gasteiger partial charge >= 0.3 is 0 Å². The van der Waals surface area contributed by atoms with Gasteiger partial charge in [-0.1, -0.05) is 0 Å². The first-order valence-electron chi connectivity index (χ1n) is 6.80. The van der Waals surface area contributed by atoms with E-state index in [-0.39, 0.29) is 0 Å². The first-order chi connectivity index (χ1) is 8.87. The van der Waals surface area contributed by atoms with Gasteiger partial charge in [0.1, 0.15) is 0 Å². The van der Waals surface area contributed by atoms with Crippen LogP contribution in [-0.2, 0) is 10.2 Å². The van der Waals surface area contributed by atoms with Crippen LogP contribution in [0.15, 0.2) is 0 Å². The lowest BCUT2D eigenvalue weighted by Crippen LogP contribution is -2.46. The normalized spacial score (nSPS) is 19.5. The summed E-state index contributed by atoms with van der Waals surface area (Å²) in [6, 6.07) is 0. The summed E-state index contributed by atoms with van der Waals surface area (Å²) < 4.78 is 27.8. The molecule has 0 N–H and O–H groups in total. The summed E-state index contributed by atoms with van der Waals surface area (Å²) in [7, 11) is 2.36. The molecule has 0 aromatic heterocycles. The molecule has 1 saturated heterocycles. The molecular weight excluding hydrogens is 286 g/mol. The van der Waals surface area contributed by atoms with E-state index < -0.39 is 10.2 Å². The van der Waals surface area contributed by atoms with Crippen LogP contribution in [0.5, 0.6) is 0 Å². The molecule has 114 valence electrons. The van der Waals surface area contributed by atoms with Crippen LogP contribution in [0.3, 0.4) is 0 Å². The maximum absolute atomic E-state index is 12.4. The number of hydrogen-bond donors (Lipinski definition) is 0. The Balaban J connectivity index is 2.46. The molecule has 0 aromatic carbocycles. The summed E-state index contributed by atoms with van der Waals surface area (Å²) in [5, 5.41) is 0. The highest BCUT2D eigenvalue weighted by Crippen LogP contribution is 2.21. The number of hydrogen-bond acceptors (Lipinski definition) is 3. The number of nitrogens with zero attached hydrogens (tertiary/aromatic N) is 3. The van der Waals surface area contributed by atoms with Crippen molar-refractivity contribution >= 4 is 21.8 Å². The van der Waals surface area contributed by atoms with E-state index in [1.807, 2.05) is 14.1 Å². The fourth-order valence-electron chi connectivity index (χ4n) is 2.22. The molecule has 19 heavy (non-hydrogen) atoms. The van der Waals surface area contributed by atoms with E-state index in [2.05, 4.69) is 4.90 Å². The second kappa shape index (κ2) is 7.78. The Bertz CT molecular complexity index is 354. The fraction of sp³-hybridized carbons (Fsp3) is 1.00. The van der Waals surface area contributed by atoms with E-state index in [0.29, 0.717) is 31.4 Å². The van der Waals surface area contributed by atoms with Crippen molar-refractivity contribution in [1.82, 2.24) is 13.5 Å². The van der Waals surface area contributed by atoms with E-state index in [4.69, 9.17) is 11.6 Å². The Labute approximate surface area is 122 Å². The first kappa shape index (κ1) is 17.2. The van der Waals surface area contributed by atoms with Gasteiger partial charge in [0.2, 0.25) is 0 Å².